The number of nitro benzene ring substituents is 1. The molecule has 8 nitrogen and oxygen atoms in total. The van der Waals surface area contributed by atoms with E-state index in [1.54, 1.807) is 16.8 Å². The van der Waals surface area contributed by atoms with E-state index < -0.39 is 4.92 Å². The molecule has 3 amide bonds. The van der Waals surface area contributed by atoms with Crippen LogP contribution in [0.5, 0.6) is 0 Å². The van der Waals surface area contributed by atoms with Crippen LogP contribution in [0.1, 0.15) is 10.4 Å². The molecule has 0 unspecified atom stereocenters. The number of non-ortho nitro benzene ring substituents is 1. The zero-order valence-electron chi connectivity index (χ0n) is 11.6. The Hall–Kier alpha value is -2.64. The number of nitro groups is 1. The lowest BCUT2D eigenvalue weighted by molar-refractivity contribution is -0.384. The summed E-state index contributed by atoms with van der Waals surface area (Å²) in [4.78, 5) is 37.1. The molecule has 2 rings (SSSR count). The summed E-state index contributed by atoms with van der Waals surface area (Å²) in [6.45, 7) is 1.84. The minimum atomic E-state index is -0.504. The van der Waals surface area contributed by atoms with E-state index in [0.29, 0.717) is 31.7 Å². The highest BCUT2D eigenvalue weighted by Gasteiger charge is 2.24. The summed E-state index contributed by atoms with van der Waals surface area (Å²) < 4.78 is 0. The van der Waals surface area contributed by atoms with Gasteiger partial charge in [-0.1, -0.05) is 0 Å². The molecule has 1 aromatic rings. The van der Waals surface area contributed by atoms with Crippen molar-refractivity contribution in [3.8, 4) is 0 Å². The average Bonchev–Trinajstić information content (AvgIpc) is 2.53. The van der Waals surface area contributed by atoms with Crippen LogP contribution in [0.4, 0.5) is 10.5 Å². The number of benzene rings is 1. The van der Waals surface area contributed by atoms with Crippen LogP contribution in [-0.2, 0) is 0 Å². The van der Waals surface area contributed by atoms with Gasteiger partial charge >= 0.3 is 6.03 Å². The zero-order valence-corrected chi connectivity index (χ0v) is 11.6. The highest BCUT2D eigenvalue weighted by atomic mass is 16.6. The van der Waals surface area contributed by atoms with Gasteiger partial charge in [0.2, 0.25) is 0 Å². The summed E-state index contributed by atoms with van der Waals surface area (Å²) in [6, 6.07) is 5.37. The van der Waals surface area contributed by atoms with Gasteiger partial charge in [0.15, 0.2) is 0 Å². The first-order chi connectivity index (χ1) is 10.0. The van der Waals surface area contributed by atoms with Crippen LogP contribution in [0.3, 0.4) is 0 Å². The second-order valence-electron chi connectivity index (χ2n) is 4.64. The summed E-state index contributed by atoms with van der Waals surface area (Å²) >= 11 is 0. The largest absolute Gasteiger partial charge is 0.341 e. The van der Waals surface area contributed by atoms with Gasteiger partial charge < -0.3 is 15.1 Å². The van der Waals surface area contributed by atoms with Gasteiger partial charge in [0.25, 0.3) is 11.6 Å². The Morgan fingerprint density at radius 3 is 2.10 bits per heavy atom. The molecule has 1 saturated heterocycles. The highest BCUT2D eigenvalue weighted by Crippen LogP contribution is 2.14. The van der Waals surface area contributed by atoms with E-state index in [0.717, 1.165) is 0 Å². The zero-order chi connectivity index (χ0) is 15.4. The maximum Gasteiger partial charge on any atom is 0.317 e. The van der Waals surface area contributed by atoms with Crippen molar-refractivity contribution in [1.29, 1.82) is 0 Å². The van der Waals surface area contributed by atoms with Gasteiger partial charge in [0.05, 0.1) is 4.92 Å². The van der Waals surface area contributed by atoms with Gasteiger partial charge in [-0.25, -0.2) is 4.79 Å². The number of carbonyl (C=O) groups excluding carboxylic acids is 2. The molecule has 0 bridgehead atoms. The third-order valence-electron chi connectivity index (χ3n) is 3.39. The SMILES string of the molecule is CNC(=O)N1CCN(C(=O)c2ccc([N+](=O)[O-])cc2)CC1. The van der Waals surface area contributed by atoms with Crippen LogP contribution in [0.15, 0.2) is 24.3 Å². The summed E-state index contributed by atoms with van der Waals surface area (Å²) in [5.74, 6) is -0.179. The molecule has 1 aliphatic rings. The summed E-state index contributed by atoms with van der Waals surface area (Å²) in [5, 5.41) is 13.1. The van der Waals surface area contributed by atoms with E-state index in [1.165, 1.54) is 24.3 Å². The maximum absolute atomic E-state index is 12.3. The first kappa shape index (κ1) is 14.8. The van der Waals surface area contributed by atoms with Crippen LogP contribution in [0.2, 0.25) is 0 Å². The maximum atomic E-state index is 12.3. The normalized spacial score (nSPS) is 14.7. The number of nitrogens with one attached hydrogen (secondary N) is 1. The first-order valence-electron chi connectivity index (χ1n) is 6.53. The molecule has 0 atom stereocenters. The number of rotatable bonds is 2. The van der Waals surface area contributed by atoms with Gasteiger partial charge in [-0.2, -0.15) is 0 Å². The number of piperazine rings is 1. The summed E-state index contributed by atoms with van der Waals surface area (Å²) in [5.41, 5.74) is 0.366. The molecule has 1 fully saturated rings. The van der Waals surface area contributed by atoms with E-state index >= 15 is 0 Å². The van der Waals surface area contributed by atoms with Crippen molar-refractivity contribution in [3.63, 3.8) is 0 Å². The van der Waals surface area contributed by atoms with Crippen molar-refractivity contribution in [2.45, 2.75) is 0 Å². The predicted octanol–water partition coefficient (Wildman–Crippen LogP) is 0.692. The molecule has 0 aromatic heterocycles. The van der Waals surface area contributed by atoms with Crippen LogP contribution >= 0.6 is 0 Å². The Labute approximate surface area is 121 Å². The number of hydrogen-bond donors (Lipinski definition) is 1. The topological polar surface area (TPSA) is 95.8 Å². The van der Waals surface area contributed by atoms with Crippen LogP contribution in [0, 0.1) is 10.1 Å². The van der Waals surface area contributed by atoms with Crippen molar-refractivity contribution >= 4 is 17.6 Å². The fraction of sp³-hybridized carbons (Fsp3) is 0.385. The molecule has 21 heavy (non-hydrogen) atoms. The highest BCUT2D eigenvalue weighted by molar-refractivity contribution is 5.94. The molecular formula is C13H16N4O4. The van der Waals surface area contributed by atoms with Crippen LogP contribution in [-0.4, -0.2) is 59.9 Å². The summed E-state index contributed by atoms with van der Waals surface area (Å²) in [7, 11) is 1.57. The standard InChI is InChI=1S/C13H16N4O4/c1-14-13(19)16-8-6-15(7-9-16)12(18)10-2-4-11(5-3-10)17(20)21/h2-5H,6-9H2,1H3,(H,14,19). The number of amides is 3. The fourth-order valence-electron chi connectivity index (χ4n) is 2.18. The van der Waals surface area contributed by atoms with E-state index in [2.05, 4.69) is 5.32 Å². The van der Waals surface area contributed by atoms with E-state index in [4.69, 9.17) is 0 Å². The van der Waals surface area contributed by atoms with Gasteiger partial charge in [-0.05, 0) is 12.1 Å². The predicted molar refractivity (Wildman–Crippen MR) is 75.0 cm³/mol. The number of carbonyl (C=O) groups is 2. The lowest BCUT2D eigenvalue weighted by atomic mass is 10.1. The second-order valence-corrected chi connectivity index (χ2v) is 4.64. The molecule has 1 aliphatic heterocycles. The quantitative estimate of drug-likeness (QED) is 0.641. The molecule has 0 radical (unpaired) electrons. The lowest BCUT2D eigenvalue weighted by Gasteiger charge is -2.34. The van der Waals surface area contributed by atoms with E-state index in [9.17, 15) is 19.7 Å². The molecule has 0 spiro atoms. The van der Waals surface area contributed by atoms with Crippen LogP contribution < -0.4 is 5.32 Å². The third-order valence-corrected chi connectivity index (χ3v) is 3.39. The second kappa shape index (κ2) is 6.21. The van der Waals surface area contributed by atoms with Crippen LogP contribution in [0.25, 0.3) is 0 Å². The summed E-state index contributed by atoms with van der Waals surface area (Å²) in [6.07, 6.45) is 0. The minimum absolute atomic E-state index is 0.0454. The number of hydrogen-bond acceptors (Lipinski definition) is 4. The van der Waals surface area contributed by atoms with Crippen molar-refractivity contribution in [2.24, 2.45) is 0 Å². The lowest BCUT2D eigenvalue weighted by Crippen LogP contribution is -2.52. The van der Waals surface area contributed by atoms with Gasteiger partial charge in [0.1, 0.15) is 0 Å². The van der Waals surface area contributed by atoms with Crippen molar-refractivity contribution in [1.82, 2.24) is 15.1 Å². The molecule has 1 aromatic carbocycles. The van der Waals surface area contributed by atoms with Gasteiger partial charge in [-0.3, -0.25) is 14.9 Å². The molecule has 112 valence electrons. The number of nitrogens with zero attached hydrogens (tertiary/aromatic N) is 3. The van der Waals surface area contributed by atoms with Gasteiger partial charge in [0, 0.05) is 50.9 Å². The average molecular weight is 292 g/mol. The minimum Gasteiger partial charge on any atom is -0.341 e. The molecule has 0 saturated carbocycles. The Morgan fingerprint density at radius 1 is 1.10 bits per heavy atom. The van der Waals surface area contributed by atoms with Crippen molar-refractivity contribution in [2.75, 3.05) is 33.2 Å². The van der Waals surface area contributed by atoms with Crippen molar-refractivity contribution < 1.29 is 14.5 Å². The molecule has 0 aliphatic carbocycles. The number of urea groups is 1. The Morgan fingerprint density at radius 2 is 1.62 bits per heavy atom. The Balaban J connectivity index is 1.98. The van der Waals surface area contributed by atoms with Gasteiger partial charge in [-0.15, -0.1) is 0 Å². The third kappa shape index (κ3) is 3.28. The van der Waals surface area contributed by atoms with E-state index in [-0.39, 0.29) is 17.6 Å². The first-order valence-corrected chi connectivity index (χ1v) is 6.53. The molecule has 8 heteroatoms. The molecular weight excluding hydrogens is 276 g/mol. The Kier molecular flexibility index (Phi) is 4.36. The molecule has 1 heterocycles. The Bertz CT molecular complexity index is 550. The molecule has 1 N–H and O–H groups in total. The smallest absolute Gasteiger partial charge is 0.317 e. The van der Waals surface area contributed by atoms with E-state index in [1.807, 2.05) is 0 Å². The van der Waals surface area contributed by atoms with Crippen molar-refractivity contribution in [3.05, 3.63) is 39.9 Å². The fourth-order valence-corrected chi connectivity index (χ4v) is 2.18. The monoisotopic (exact) mass is 292 g/mol.